The van der Waals surface area contributed by atoms with Crippen molar-refractivity contribution < 1.29 is 14.3 Å². The van der Waals surface area contributed by atoms with Crippen LogP contribution in [0.4, 0.5) is 5.69 Å². The van der Waals surface area contributed by atoms with Crippen molar-refractivity contribution in [1.82, 2.24) is 0 Å². The fraction of sp³-hybridized carbons (Fsp3) is 0.364. The Morgan fingerprint density at radius 2 is 1.54 bits per heavy atom. The Morgan fingerprint density at radius 1 is 0.865 bits per heavy atom. The fourth-order valence-electron chi connectivity index (χ4n) is 5.47. The molecule has 0 N–H and O–H groups in total. The van der Waals surface area contributed by atoms with Gasteiger partial charge >= 0.3 is 0 Å². The molecular formula is C33H37NO3. The SMILES string of the molecule is CCC(=C(c1ccc(OC2CCCCO2)cc1)c1ccc(N2CCC(C=O)CC2)cc1)c1ccccc1. The number of allylic oxidation sites excluding steroid dienone is 1. The van der Waals surface area contributed by atoms with Crippen LogP contribution in [0.2, 0.25) is 0 Å². The maximum Gasteiger partial charge on any atom is 0.199 e. The minimum atomic E-state index is -0.144. The Bertz CT molecular complexity index is 1170. The van der Waals surface area contributed by atoms with Gasteiger partial charge in [0, 0.05) is 31.1 Å². The molecule has 0 bridgehead atoms. The van der Waals surface area contributed by atoms with Gasteiger partial charge in [-0.15, -0.1) is 0 Å². The minimum Gasteiger partial charge on any atom is -0.465 e. The smallest absolute Gasteiger partial charge is 0.199 e. The first-order valence-corrected chi connectivity index (χ1v) is 13.7. The largest absolute Gasteiger partial charge is 0.465 e. The van der Waals surface area contributed by atoms with Crippen LogP contribution in [-0.4, -0.2) is 32.3 Å². The summed E-state index contributed by atoms with van der Waals surface area (Å²) in [6.07, 6.45) is 6.98. The lowest BCUT2D eigenvalue weighted by molar-refractivity contribution is -0.111. The second kappa shape index (κ2) is 12.2. The second-order valence-corrected chi connectivity index (χ2v) is 10.0. The van der Waals surface area contributed by atoms with Crippen molar-refractivity contribution in [2.24, 2.45) is 5.92 Å². The molecule has 5 rings (SSSR count). The zero-order valence-corrected chi connectivity index (χ0v) is 21.8. The van der Waals surface area contributed by atoms with Gasteiger partial charge in [0.1, 0.15) is 12.0 Å². The first kappa shape index (κ1) is 25.3. The molecule has 4 nitrogen and oxygen atoms in total. The highest BCUT2D eigenvalue weighted by Gasteiger charge is 2.20. The van der Waals surface area contributed by atoms with E-state index in [9.17, 15) is 4.79 Å². The normalized spacial score (nSPS) is 19.3. The molecule has 2 aliphatic rings. The Kier molecular flexibility index (Phi) is 8.37. The average molecular weight is 496 g/mol. The maximum absolute atomic E-state index is 11.1. The second-order valence-electron chi connectivity index (χ2n) is 10.0. The number of anilines is 1. The Balaban J connectivity index is 1.45. The number of hydrogen-bond acceptors (Lipinski definition) is 4. The fourth-order valence-corrected chi connectivity index (χ4v) is 5.47. The third-order valence-corrected chi connectivity index (χ3v) is 7.58. The number of nitrogens with zero attached hydrogens (tertiary/aromatic N) is 1. The number of carbonyl (C=O) groups is 1. The Labute approximate surface area is 220 Å². The van der Waals surface area contributed by atoms with Crippen molar-refractivity contribution in [3.8, 4) is 5.75 Å². The third kappa shape index (κ3) is 6.14. The van der Waals surface area contributed by atoms with Crippen molar-refractivity contribution in [3.05, 3.63) is 95.6 Å². The summed E-state index contributed by atoms with van der Waals surface area (Å²) in [6.45, 7) is 4.87. The van der Waals surface area contributed by atoms with Crippen LogP contribution in [0.5, 0.6) is 5.75 Å². The molecule has 192 valence electrons. The van der Waals surface area contributed by atoms with Gasteiger partial charge in [-0.05, 0) is 84.2 Å². The summed E-state index contributed by atoms with van der Waals surface area (Å²) in [5.74, 6) is 1.06. The molecule has 0 aromatic heterocycles. The molecule has 0 spiro atoms. The number of rotatable bonds is 8. The molecule has 0 radical (unpaired) electrons. The van der Waals surface area contributed by atoms with E-state index < -0.39 is 0 Å². The van der Waals surface area contributed by atoms with E-state index in [4.69, 9.17) is 9.47 Å². The Hall–Kier alpha value is -3.37. The molecular weight excluding hydrogens is 458 g/mol. The summed E-state index contributed by atoms with van der Waals surface area (Å²) in [5.41, 5.74) is 7.43. The molecule has 0 saturated carbocycles. The first-order valence-electron chi connectivity index (χ1n) is 13.7. The monoisotopic (exact) mass is 495 g/mol. The molecule has 2 fully saturated rings. The van der Waals surface area contributed by atoms with Crippen molar-refractivity contribution >= 4 is 23.1 Å². The van der Waals surface area contributed by atoms with Crippen molar-refractivity contribution in [2.45, 2.75) is 51.7 Å². The van der Waals surface area contributed by atoms with Crippen LogP contribution in [0.1, 0.15) is 62.1 Å². The van der Waals surface area contributed by atoms with E-state index >= 15 is 0 Å². The zero-order valence-electron chi connectivity index (χ0n) is 21.8. The van der Waals surface area contributed by atoms with E-state index in [0.717, 1.165) is 70.3 Å². The standard InChI is InChI=1S/C33H37NO3/c1-2-31(26-8-4-3-5-9-26)33(28-13-17-30(18-14-28)37-32-10-6-7-23-36-32)27-11-15-29(16-12-27)34-21-19-25(24-35)20-22-34/h3-5,8-9,11-18,24-25,32H,2,6-7,10,19-23H2,1H3. The summed E-state index contributed by atoms with van der Waals surface area (Å²) in [5, 5.41) is 0. The van der Waals surface area contributed by atoms with E-state index in [-0.39, 0.29) is 12.2 Å². The lowest BCUT2D eigenvalue weighted by Gasteiger charge is -2.31. The van der Waals surface area contributed by atoms with Crippen LogP contribution >= 0.6 is 0 Å². The van der Waals surface area contributed by atoms with Crippen molar-refractivity contribution in [3.63, 3.8) is 0 Å². The third-order valence-electron chi connectivity index (χ3n) is 7.58. The number of benzene rings is 3. The molecule has 37 heavy (non-hydrogen) atoms. The van der Waals surface area contributed by atoms with Gasteiger partial charge in [-0.2, -0.15) is 0 Å². The van der Waals surface area contributed by atoms with Gasteiger partial charge in [-0.3, -0.25) is 0 Å². The lowest BCUT2D eigenvalue weighted by Crippen LogP contribution is -2.34. The van der Waals surface area contributed by atoms with Gasteiger partial charge in [-0.1, -0.05) is 61.5 Å². The van der Waals surface area contributed by atoms with Gasteiger partial charge in [-0.25, -0.2) is 0 Å². The van der Waals surface area contributed by atoms with E-state index in [1.54, 1.807) is 0 Å². The first-order chi connectivity index (χ1) is 18.2. The molecule has 0 amide bonds. The predicted octanol–water partition coefficient (Wildman–Crippen LogP) is 7.38. The van der Waals surface area contributed by atoms with Gasteiger partial charge in [0.2, 0.25) is 0 Å². The van der Waals surface area contributed by atoms with Crippen LogP contribution in [0.15, 0.2) is 78.9 Å². The van der Waals surface area contributed by atoms with Crippen LogP contribution in [0, 0.1) is 5.92 Å². The van der Waals surface area contributed by atoms with E-state index in [1.807, 2.05) is 0 Å². The summed E-state index contributed by atoms with van der Waals surface area (Å²) in [4.78, 5) is 13.5. The highest BCUT2D eigenvalue weighted by atomic mass is 16.7. The highest BCUT2D eigenvalue weighted by Crippen LogP contribution is 2.36. The summed E-state index contributed by atoms with van der Waals surface area (Å²) in [6, 6.07) is 28.1. The van der Waals surface area contributed by atoms with E-state index in [1.165, 1.54) is 33.5 Å². The van der Waals surface area contributed by atoms with E-state index in [0.29, 0.717) is 0 Å². The van der Waals surface area contributed by atoms with Gasteiger partial charge in [0.05, 0.1) is 6.61 Å². The maximum atomic E-state index is 11.1. The summed E-state index contributed by atoms with van der Waals surface area (Å²) >= 11 is 0. The number of aldehydes is 1. The molecule has 0 aliphatic carbocycles. The van der Waals surface area contributed by atoms with Crippen molar-refractivity contribution in [2.75, 3.05) is 24.6 Å². The van der Waals surface area contributed by atoms with Gasteiger partial charge < -0.3 is 19.2 Å². The molecule has 2 saturated heterocycles. The van der Waals surface area contributed by atoms with Crippen LogP contribution < -0.4 is 9.64 Å². The number of hydrogen-bond donors (Lipinski definition) is 0. The predicted molar refractivity (Wildman–Crippen MR) is 151 cm³/mol. The minimum absolute atomic E-state index is 0.144. The van der Waals surface area contributed by atoms with Crippen molar-refractivity contribution in [1.29, 1.82) is 0 Å². The topological polar surface area (TPSA) is 38.8 Å². The highest BCUT2D eigenvalue weighted by molar-refractivity contribution is 5.98. The average Bonchev–Trinajstić information content (AvgIpc) is 2.98. The van der Waals surface area contributed by atoms with E-state index in [2.05, 4.69) is 90.7 Å². The quantitative estimate of drug-likeness (QED) is 0.241. The molecule has 3 aromatic rings. The van der Waals surface area contributed by atoms with Crippen LogP contribution in [-0.2, 0) is 9.53 Å². The molecule has 4 heteroatoms. The number of ether oxygens (including phenoxy) is 2. The zero-order chi connectivity index (χ0) is 25.5. The lowest BCUT2D eigenvalue weighted by atomic mass is 9.88. The molecule has 3 aromatic carbocycles. The van der Waals surface area contributed by atoms with Crippen LogP contribution in [0.3, 0.4) is 0 Å². The summed E-state index contributed by atoms with van der Waals surface area (Å²) in [7, 11) is 0. The summed E-state index contributed by atoms with van der Waals surface area (Å²) < 4.78 is 11.9. The van der Waals surface area contributed by atoms with Crippen LogP contribution in [0.25, 0.3) is 11.1 Å². The van der Waals surface area contributed by atoms with Gasteiger partial charge in [0.15, 0.2) is 6.29 Å². The number of carbonyl (C=O) groups excluding carboxylic acids is 1. The molecule has 1 unspecified atom stereocenters. The number of piperidine rings is 1. The molecule has 2 aliphatic heterocycles. The molecule has 2 heterocycles. The van der Waals surface area contributed by atoms with Gasteiger partial charge in [0.25, 0.3) is 0 Å². The molecule has 1 atom stereocenters. The Morgan fingerprint density at radius 3 is 2.14 bits per heavy atom.